The molecule has 10 heteroatoms. The maximum atomic E-state index is 14.1. The Morgan fingerprint density at radius 3 is 1.97 bits per heavy atom. The summed E-state index contributed by atoms with van der Waals surface area (Å²) in [4.78, 5) is 15.2. The quantitative estimate of drug-likeness (QED) is 0.306. The number of carbonyl (C=O) groups excluding carboxylic acids is 1. The molecular weight excluding hydrogens is 541 g/mol. The summed E-state index contributed by atoms with van der Waals surface area (Å²) >= 11 is 1.35. The molecule has 1 aliphatic heterocycles. The number of aryl methyl sites for hydroxylation is 3. The van der Waals surface area contributed by atoms with Crippen LogP contribution in [0, 0.1) is 13.8 Å². The Kier molecular flexibility index (Phi) is 6.89. The van der Waals surface area contributed by atoms with E-state index >= 15 is 0 Å². The van der Waals surface area contributed by atoms with Crippen molar-refractivity contribution in [2.24, 2.45) is 0 Å². The second-order valence-electron chi connectivity index (χ2n) is 9.09. The van der Waals surface area contributed by atoms with Gasteiger partial charge in [0.05, 0.1) is 20.4 Å². The first-order chi connectivity index (χ1) is 18.1. The Hall–Kier alpha value is -3.47. The molecule has 0 bridgehead atoms. The minimum atomic E-state index is -4.53. The van der Waals surface area contributed by atoms with Gasteiger partial charge in [0.15, 0.2) is 0 Å². The van der Waals surface area contributed by atoms with E-state index in [9.17, 15) is 21.6 Å². The fourth-order valence-corrected chi connectivity index (χ4v) is 9.50. The van der Waals surface area contributed by atoms with E-state index in [-0.39, 0.29) is 21.4 Å². The maximum Gasteiger partial charge on any atom is 0.277 e. The summed E-state index contributed by atoms with van der Waals surface area (Å²) in [5, 5.41) is 1.84. The highest BCUT2D eigenvalue weighted by Gasteiger charge is 2.39. The summed E-state index contributed by atoms with van der Waals surface area (Å²) in [5.74, 6) is -0.134. The van der Waals surface area contributed by atoms with Gasteiger partial charge in [-0.2, -0.15) is 3.71 Å². The number of sulfonamides is 2. The molecule has 0 fully saturated rings. The van der Waals surface area contributed by atoms with Crippen molar-refractivity contribution in [1.29, 1.82) is 0 Å². The third kappa shape index (κ3) is 4.53. The number of thiophene rings is 1. The van der Waals surface area contributed by atoms with Crippen LogP contribution in [-0.4, -0.2) is 29.3 Å². The van der Waals surface area contributed by atoms with Gasteiger partial charge in [-0.3, -0.25) is 4.79 Å². The number of hydrogen-bond acceptors (Lipinski definition) is 6. The Morgan fingerprint density at radius 1 is 0.816 bits per heavy atom. The van der Waals surface area contributed by atoms with E-state index in [1.165, 1.54) is 29.5 Å². The minimum Gasteiger partial charge on any atom is -0.307 e. The first kappa shape index (κ1) is 26.1. The van der Waals surface area contributed by atoms with Crippen molar-refractivity contribution in [2.45, 2.75) is 36.5 Å². The monoisotopic (exact) mass is 566 g/mol. The van der Waals surface area contributed by atoms with Crippen LogP contribution in [0.15, 0.2) is 94.0 Å². The lowest BCUT2D eigenvalue weighted by Gasteiger charge is -2.31. The van der Waals surface area contributed by atoms with Crippen molar-refractivity contribution in [3.8, 4) is 0 Å². The third-order valence-electron chi connectivity index (χ3n) is 6.55. The van der Waals surface area contributed by atoms with Gasteiger partial charge in [-0.05, 0) is 85.2 Å². The van der Waals surface area contributed by atoms with Crippen molar-refractivity contribution in [2.75, 3.05) is 15.2 Å². The zero-order valence-electron chi connectivity index (χ0n) is 20.9. The van der Waals surface area contributed by atoms with E-state index in [0.29, 0.717) is 50.4 Å². The molecule has 0 radical (unpaired) electrons. The van der Waals surface area contributed by atoms with Gasteiger partial charge < -0.3 is 4.90 Å². The van der Waals surface area contributed by atoms with E-state index in [1.54, 1.807) is 73.3 Å². The molecule has 0 saturated heterocycles. The lowest BCUT2D eigenvalue weighted by Crippen LogP contribution is -2.38. The van der Waals surface area contributed by atoms with Crippen LogP contribution in [0.4, 0.5) is 11.4 Å². The van der Waals surface area contributed by atoms with E-state index in [0.717, 1.165) is 0 Å². The normalized spacial score (nSPS) is 13.7. The summed E-state index contributed by atoms with van der Waals surface area (Å²) in [7, 11) is -9.07. The largest absolute Gasteiger partial charge is 0.307 e. The summed E-state index contributed by atoms with van der Waals surface area (Å²) in [5.41, 5.74) is 2.23. The molecule has 0 N–H and O–H groups in total. The van der Waals surface area contributed by atoms with Crippen molar-refractivity contribution >= 4 is 48.7 Å². The molecule has 5 rings (SSSR count). The average Bonchev–Trinajstić information content (AvgIpc) is 3.43. The molecule has 7 nitrogen and oxygen atoms in total. The molecule has 0 saturated carbocycles. The van der Waals surface area contributed by atoms with Gasteiger partial charge in [-0.15, -0.1) is 11.3 Å². The van der Waals surface area contributed by atoms with E-state index in [4.69, 9.17) is 0 Å². The zero-order valence-corrected chi connectivity index (χ0v) is 23.3. The first-order valence-electron chi connectivity index (χ1n) is 12.0. The Balaban J connectivity index is 1.68. The van der Waals surface area contributed by atoms with Gasteiger partial charge in [0.25, 0.3) is 26.0 Å². The highest BCUT2D eigenvalue weighted by atomic mass is 32.3. The molecule has 0 spiro atoms. The molecular formula is C28H26N2O5S3. The van der Waals surface area contributed by atoms with Gasteiger partial charge in [-0.1, -0.05) is 42.5 Å². The second kappa shape index (κ2) is 10.0. The van der Waals surface area contributed by atoms with E-state index in [1.807, 2.05) is 11.4 Å². The van der Waals surface area contributed by atoms with Crippen LogP contribution in [0.1, 0.15) is 32.8 Å². The lowest BCUT2D eigenvalue weighted by molar-refractivity contribution is 0.0989. The molecule has 1 amide bonds. The molecule has 4 aromatic rings. The zero-order chi connectivity index (χ0) is 27.1. The molecule has 1 aliphatic rings. The van der Waals surface area contributed by atoms with Crippen LogP contribution < -0.4 is 8.61 Å². The van der Waals surface area contributed by atoms with Crippen LogP contribution in [0.5, 0.6) is 0 Å². The summed E-state index contributed by atoms with van der Waals surface area (Å²) in [6.45, 7) is 3.79. The molecule has 0 unspecified atom stereocenters. The summed E-state index contributed by atoms with van der Waals surface area (Å²) < 4.78 is 56.8. The van der Waals surface area contributed by atoms with Crippen molar-refractivity contribution < 1.29 is 21.6 Å². The summed E-state index contributed by atoms with van der Waals surface area (Å²) in [6, 6.07) is 20.9. The number of anilines is 2. The number of fused-ring (bicyclic) bond motifs is 1. The molecule has 38 heavy (non-hydrogen) atoms. The van der Waals surface area contributed by atoms with Crippen LogP contribution in [0.2, 0.25) is 0 Å². The molecule has 1 aromatic heterocycles. The topological polar surface area (TPSA) is 91.8 Å². The first-order valence-corrected chi connectivity index (χ1v) is 15.8. The predicted molar refractivity (Wildman–Crippen MR) is 150 cm³/mol. The lowest BCUT2D eigenvalue weighted by atomic mass is 10.0. The highest BCUT2D eigenvalue weighted by molar-refractivity contribution is 8.10. The molecule has 2 heterocycles. The molecule has 3 aromatic carbocycles. The summed E-state index contributed by atoms with van der Waals surface area (Å²) in [6.07, 6.45) is 1.25. The van der Waals surface area contributed by atoms with Crippen molar-refractivity contribution in [3.05, 3.63) is 106 Å². The minimum absolute atomic E-state index is 0.000628. The number of benzene rings is 3. The fourth-order valence-electron chi connectivity index (χ4n) is 4.72. The average molecular weight is 567 g/mol. The Bertz CT molecular complexity index is 1650. The van der Waals surface area contributed by atoms with Gasteiger partial charge in [0.2, 0.25) is 0 Å². The SMILES string of the molecule is Cc1ccccc1S(=O)(=O)N(c1ccc2c(c1)CCCN2C(=O)c1cccs1)S(=O)(=O)c1ccccc1C. The molecule has 196 valence electrons. The smallest absolute Gasteiger partial charge is 0.277 e. The number of amides is 1. The molecule has 0 aliphatic carbocycles. The Morgan fingerprint density at radius 2 is 1.42 bits per heavy atom. The van der Waals surface area contributed by atoms with Crippen LogP contribution in [0.25, 0.3) is 0 Å². The van der Waals surface area contributed by atoms with Gasteiger partial charge in [-0.25, -0.2) is 16.8 Å². The molecule has 0 atom stereocenters. The predicted octanol–water partition coefficient (Wildman–Crippen LogP) is 5.54. The van der Waals surface area contributed by atoms with Crippen molar-refractivity contribution in [1.82, 2.24) is 0 Å². The fraction of sp³-hybridized carbons (Fsp3) is 0.179. The van der Waals surface area contributed by atoms with Gasteiger partial charge in [0, 0.05) is 12.2 Å². The van der Waals surface area contributed by atoms with Gasteiger partial charge in [0.1, 0.15) is 0 Å². The highest BCUT2D eigenvalue weighted by Crippen LogP contribution is 2.37. The van der Waals surface area contributed by atoms with Crippen LogP contribution >= 0.6 is 11.3 Å². The third-order valence-corrected chi connectivity index (χ3v) is 11.9. The van der Waals surface area contributed by atoms with Crippen molar-refractivity contribution in [3.63, 3.8) is 0 Å². The maximum absolute atomic E-state index is 14.1. The van der Waals surface area contributed by atoms with Gasteiger partial charge >= 0.3 is 0 Å². The second-order valence-corrected chi connectivity index (χ2v) is 13.8. The van der Waals surface area contributed by atoms with Crippen LogP contribution in [0.3, 0.4) is 0 Å². The number of hydrogen-bond donors (Lipinski definition) is 0. The number of nitrogens with zero attached hydrogens (tertiary/aromatic N) is 2. The number of rotatable bonds is 6. The van der Waals surface area contributed by atoms with E-state index in [2.05, 4.69) is 0 Å². The van der Waals surface area contributed by atoms with Crippen LogP contribution in [-0.2, 0) is 26.5 Å². The van der Waals surface area contributed by atoms with E-state index < -0.39 is 20.0 Å². The standard InChI is InChI=1S/C28H26N2O5S3/c1-20-9-3-5-13-26(20)37(32,33)30(38(34,35)27-14-6-4-10-21(27)2)23-15-16-24-22(19-23)11-7-17-29(24)28(31)25-12-8-18-36-25/h3-6,8-10,12-16,18-19H,7,11,17H2,1-2H3. The number of carbonyl (C=O) groups is 1. The Labute approximate surface area is 227 Å².